The molecule has 0 atom stereocenters. The van der Waals surface area contributed by atoms with Crippen LogP contribution in [-0.2, 0) is 4.74 Å². The zero-order valence-corrected chi connectivity index (χ0v) is 19.8. The van der Waals surface area contributed by atoms with Crippen LogP contribution >= 0.6 is 0 Å². The molecule has 34 heavy (non-hydrogen) atoms. The Morgan fingerprint density at radius 1 is 0.882 bits per heavy atom. The summed E-state index contributed by atoms with van der Waals surface area (Å²) in [5.41, 5.74) is 1.01. The summed E-state index contributed by atoms with van der Waals surface area (Å²) in [5, 5.41) is 2.81. The molecule has 1 aliphatic rings. The molecule has 1 heterocycles. The molecule has 0 aliphatic carbocycles. The topological polar surface area (TPSA) is 107 Å². The Hall–Kier alpha value is -3.95. The average molecular weight is 472 g/mol. The summed E-state index contributed by atoms with van der Waals surface area (Å²) in [7, 11) is 4.41. The molecule has 10 heteroatoms. The van der Waals surface area contributed by atoms with Gasteiger partial charge in [-0.25, -0.2) is 4.79 Å². The van der Waals surface area contributed by atoms with Gasteiger partial charge in [0.05, 0.1) is 39.2 Å². The summed E-state index contributed by atoms with van der Waals surface area (Å²) < 4.78 is 21.0. The van der Waals surface area contributed by atoms with Crippen LogP contribution in [0.15, 0.2) is 36.4 Å². The van der Waals surface area contributed by atoms with Crippen LogP contribution < -0.4 is 19.5 Å². The number of nitrogens with one attached hydrogen (secondary N) is 1. The van der Waals surface area contributed by atoms with Crippen LogP contribution in [0.3, 0.4) is 0 Å². The zero-order chi connectivity index (χ0) is 24.7. The molecule has 182 valence electrons. The number of para-hydroxylation sites is 1. The molecule has 0 radical (unpaired) electrons. The van der Waals surface area contributed by atoms with Crippen molar-refractivity contribution in [1.82, 2.24) is 9.80 Å². The van der Waals surface area contributed by atoms with Crippen molar-refractivity contribution < 1.29 is 33.3 Å². The minimum Gasteiger partial charge on any atom is -0.493 e. The number of benzene rings is 2. The van der Waals surface area contributed by atoms with Gasteiger partial charge in [0.25, 0.3) is 11.8 Å². The minimum absolute atomic E-state index is 0.232. The maximum Gasteiger partial charge on any atom is 0.409 e. The molecule has 0 spiro atoms. The first kappa shape index (κ1) is 24.7. The van der Waals surface area contributed by atoms with Gasteiger partial charge >= 0.3 is 6.09 Å². The van der Waals surface area contributed by atoms with Crippen molar-refractivity contribution in [2.24, 2.45) is 0 Å². The Kier molecular flexibility index (Phi) is 8.18. The second-order valence-corrected chi connectivity index (χ2v) is 7.39. The predicted molar refractivity (Wildman–Crippen MR) is 125 cm³/mol. The number of anilines is 1. The Balaban J connectivity index is 1.77. The first-order valence-electron chi connectivity index (χ1n) is 10.8. The van der Waals surface area contributed by atoms with Gasteiger partial charge in [0.1, 0.15) is 0 Å². The fraction of sp³-hybridized carbons (Fsp3) is 0.375. The Bertz CT molecular complexity index is 1020. The van der Waals surface area contributed by atoms with Gasteiger partial charge in [-0.3, -0.25) is 9.59 Å². The van der Waals surface area contributed by atoms with Gasteiger partial charge < -0.3 is 34.1 Å². The zero-order valence-electron chi connectivity index (χ0n) is 19.8. The molecule has 1 N–H and O–H groups in total. The number of ether oxygens (including phenoxy) is 4. The third-order valence-electron chi connectivity index (χ3n) is 5.43. The number of hydrogen-bond donors (Lipinski definition) is 1. The maximum absolute atomic E-state index is 13.2. The van der Waals surface area contributed by atoms with Gasteiger partial charge in [0, 0.05) is 31.7 Å². The highest BCUT2D eigenvalue weighted by Crippen LogP contribution is 2.38. The van der Waals surface area contributed by atoms with E-state index in [1.54, 1.807) is 41.0 Å². The summed E-state index contributed by atoms with van der Waals surface area (Å²) in [6.45, 7) is 3.55. The van der Waals surface area contributed by atoms with Crippen LogP contribution in [0.4, 0.5) is 10.5 Å². The van der Waals surface area contributed by atoms with Crippen LogP contribution in [0.2, 0.25) is 0 Å². The molecule has 1 saturated heterocycles. The lowest BCUT2D eigenvalue weighted by atomic mass is 10.1. The fourth-order valence-corrected chi connectivity index (χ4v) is 3.66. The molecule has 2 aromatic carbocycles. The van der Waals surface area contributed by atoms with Crippen molar-refractivity contribution in [1.29, 1.82) is 0 Å². The van der Waals surface area contributed by atoms with E-state index in [1.807, 2.05) is 0 Å². The number of carbonyl (C=O) groups is 3. The number of amides is 3. The second-order valence-electron chi connectivity index (χ2n) is 7.39. The third-order valence-corrected chi connectivity index (χ3v) is 5.43. The van der Waals surface area contributed by atoms with Gasteiger partial charge in [-0.05, 0) is 31.2 Å². The van der Waals surface area contributed by atoms with Gasteiger partial charge in [-0.2, -0.15) is 0 Å². The SMILES string of the molecule is CCOC(=O)N1CCN(C(=O)c2ccccc2NC(=O)c2cc(OC)c(OC)c(OC)c2)CC1. The van der Waals surface area contributed by atoms with E-state index in [0.29, 0.717) is 61.3 Å². The Morgan fingerprint density at radius 3 is 2.03 bits per heavy atom. The molecule has 10 nitrogen and oxygen atoms in total. The molecular weight excluding hydrogens is 442 g/mol. The molecule has 3 rings (SSSR count). The largest absolute Gasteiger partial charge is 0.493 e. The molecule has 0 bridgehead atoms. The van der Waals surface area contributed by atoms with E-state index >= 15 is 0 Å². The molecule has 3 amide bonds. The quantitative estimate of drug-likeness (QED) is 0.662. The molecular formula is C24H29N3O7. The molecule has 2 aromatic rings. The van der Waals surface area contributed by atoms with Gasteiger partial charge in [-0.1, -0.05) is 12.1 Å². The van der Waals surface area contributed by atoms with Crippen LogP contribution in [0.5, 0.6) is 17.2 Å². The summed E-state index contributed by atoms with van der Waals surface area (Å²) in [5.74, 6) is 0.390. The molecule has 1 aliphatic heterocycles. The molecule has 0 aromatic heterocycles. The van der Waals surface area contributed by atoms with Crippen LogP contribution in [-0.4, -0.2) is 81.8 Å². The van der Waals surface area contributed by atoms with Crippen molar-refractivity contribution in [3.63, 3.8) is 0 Å². The predicted octanol–water partition coefficient (Wildman–Crippen LogP) is 2.88. The summed E-state index contributed by atoms with van der Waals surface area (Å²) in [6.07, 6.45) is -0.382. The number of rotatable bonds is 7. The lowest BCUT2D eigenvalue weighted by molar-refractivity contribution is 0.0571. The van der Waals surface area contributed by atoms with E-state index in [1.165, 1.54) is 33.5 Å². The van der Waals surface area contributed by atoms with E-state index in [0.717, 1.165) is 0 Å². The fourth-order valence-electron chi connectivity index (χ4n) is 3.66. The Labute approximate surface area is 198 Å². The molecule has 1 fully saturated rings. The monoisotopic (exact) mass is 471 g/mol. The highest BCUT2D eigenvalue weighted by Gasteiger charge is 2.27. The smallest absolute Gasteiger partial charge is 0.409 e. The first-order chi connectivity index (χ1) is 16.4. The average Bonchev–Trinajstić information content (AvgIpc) is 2.87. The first-order valence-corrected chi connectivity index (χ1v) is 10.8. The lowest BCUT2D eigenvalue weighted by Gasteiger charge is -2.34. The van der Waals surface area contributed by atoms with E-state index in [2.05, 4.69) is 5.32 Å². The normalized spacial score (nSPS) is 13.2. The van der Waals surface area contributed by atoms with E-state index in [9.17, 15) is 14.4 Å². The number of nitrogens with zero attached hydrogens (tertiary/aromatic N) is 2. The number of hydrogen-bond acceptors (Lipinski definition) is 7. The number of carbonyl (C=O) groups excluding carboxylic acids is 3. The standard InChI is InChI=1S/C24H29N3O7/c1-5-34-24(30)27-12-10-26(11-13-27)23(29)17-8-6-7-9-18(17)25-22(28)16-14-19(31-2)21(33-4)20(15-16)32-3/h6-9,14-15H,5,10-13H2,1-4H3,(H,25,28). The molecule has 0 unspecified atom stereocenters. The summed E-state index contributed by atoms with van der Waals surface area (Å²) in [6, 6.07) is 9.87. The number of piperazine rings is 1. The van der Waals surface area contributed by atoms with Gasteiger partial charge in [-0.15, -0.1) is 0 Å². The minimum atomic E-state index is -0.438. The van der Waals surface area contributed by atoms with E-state index in [4.69, 9.17) is 18.9 Å². The van der Waals surface area contributed by atoms with E-state index < -0.39 is 5.91 Å². The summed E-state index contributed by atoms with van der Waals surface area (Å²) >= 11 is 0. The molecule has 0 saturated carbocycles. The third kappa shape index (κ3) is 5.33. The summed E-state index contributed by atoms with van der Waals surface area (Å²) in [4.78, 5) is 41.4. The Morgan fingerprint density at radius 2 is 1.47 bits per heavy atom. The van der Waals surface area contributed by atoms with Gasteiger partial charge in [0.2, 0.25) is 5.75 Å². The van der Waals surface area contributed by atoms with Gasteiger partial charge in [0.15, 0.2) is 11.5 Å². The lowest BCUT2D eigenvalue weighted by Crippen LogP contribution is -2.50. The van der Waals surface area contributed by atoms with Crippen LogP contribution in [0.1, 0.15) is 27.6 Å². The van der Waals surface area contributed by atoms with Crippen molar-refractivity contribution in [2.75, 3.05) is 59.4 Å². The van der Waals surface area contributed by atoms with Crippen LogP contribution in [0.25, 0.3) is 0 Å². The van der Waals surface area contributed by atoms with Crippen molar-refractivity contribution in [3.8, 4) is 17.2 Å². The van der Waals surface area contributed by atoms with Crippen molar-refractivity contribution >= 4 is 23.6 Å². The van der Waals surface area contributed by atoms with Crippen molar-refractivity contribution in [3.05, 3.63) is 47.5 Å². The number of methoxy groups -OCH3 is 3. The van der Waals surface area contributed by atoms with Crippen LogP contribution in [0, 0.1) is 0 Å². The van der Waals surface area contributed by atoms with Crippen molar-refractivity contribution in [2.45, 2.75) is 6.92 Å². The van der Waals surface area contributed by atoms with E-state index in [-0.39, 0.29) is 17.6 Å². The maximum atomic E-state index is 13.2. The highest BCUT2D eigenvalue weighted by molar-refractivity contribution is 6.09. The second kappa shape index (κ2) is 11.3. The highest BCUT2D eigenvalue weighted by atomic mass is 16.6.